The van der Waals surface area contributed by atoms with Crippen LogP contribution < -0.4 is 4.90 Å². The van der Waals surface area contributed by atoms with Gasteiger partial charge in [-0.2, -0.15) is 0 Å². The van der Waals surface area contributed by atoms with Crippen molar-refractivity contribution < 1.29 is 9.59 Å². The van der Waals surface area contributed by atoms with Gasteiger partial charge >= 0.3 is 0 Å². The van der Waals surface area contributed by atoms with E-state index in [4.69, 9.17) is 11.6 Å². The van der Waals surface area contributed by atoms with Crippen LogP contribution in [0.25, 0.3) is 5.57 Å². The van der Waals surface area contributed by atoms with E-state index in [9.17, 15) is 9.59 Å². The summed E-state index contributed by atoms with van der Waals surface area (Å²) in [5, 5.41) is 0.594. The van der Waals surface area contributed by atoms with Crippen molar-refractivity contribution in [1.82, 2.24) is 9.80 Å². The number of hydrogen-bond donors (Lipinski definition) is 0. The third-order valence-corrected chi connectivity index (χ3v) is 6.26. The van der Waals surface area contributed by atoms with Crippen LogP contribution in [0.3, 0.4) is 0 Å². The zero-order chi connectivity index (χ0) is 22.3. The molecule has 2 amide bonds. The summed E-state index contributed by atoms with van der Waals surface area (Å²) in [6.45, 7) is 9.52. The third kappa shape index (κ3) is 4.12. The SMILES string of the molecule is CN1CCN(C2=C(c3ccc(Cl)cc3)C(=O)N(c3ccc(C(C)(C)C)cc3)C2=O)CC1. The summed E-state index contributed by atoms with van der Waals surface area (Å²) in [7, 11) is 2.07. The number of amides is 2. The molecule has 1 fully saturated rings. The number of carbonyl (C=O) groups is 2. The van der Waals surface area contributed by atoms with Crippen LogP contribution in [0.4, 0.5) is 5.69 Å². The molecule has 2 aromatic carbocycles. The van der Waals surface area contributed by atoms with E-state index >= 15 is 0 Å². The second-order valence-corrected chi connectivity index (χ2v) is 9.70. The van der Waals surface area contributed by atoms with Crippen molar-refractivity contribution in [2.24, 2.45) is 0 Å². The van der Waals surface area contributed by atoms with Gasteiger partial charge in [-0.05, 0) is 47.9 Å². The molecule has 0 radical (unpaired) electrons. The van der Waals surface area contributed by atoms with Crippen LogP contribution >= 0.6 is 11.6 Å². The van der Waals surface area contributed by atoms with Crippen molar-refractivity contribution in [3.63, 3.8) is 0 Å². The molecular formula is C25H28ClN3O2. The Morgan fingerprint density at radius 1 is 0.806 bits per heavy atom. The fourth-order valence-corrected chi connectivity index (χ4v) is 4.19. The molecule has 1 saturated heterocycles. The molecule has 0 spiro atoms. The molecule has 31 heavy (non-hydrogen) atoms. The van der Waals surface area contributed by atoms with E-state index in [2.05, 4.69) is 32.7 Å². The van der Waals surface area contributed by atoms with E-state index in [-0.39, 0.29) is 17.2 Å². The quantitative estimate of drug-likeness (QED) is 0.676. The summed E-state index contributed by atoms with van der Waals surface area (Å²) in [5.41, 5.74) is 3.39. The molecule has 2 aromatic rings. The maximum absolute atomic E-state index is 13.6. The zero-order valence-electron chi connectivity index (χ0n) is 18.5. The number of hydrogen-bond acceptors (Lipinski definition) is 4. The molecule has 0 atom stereocenters. The van der Waals surface area contributed by atoms with Gasteiger partial charge in [-0.25, -0.2) is 4.90 Å². The Morgan fingerprint density at radius 3 is 1.94 bits per heavy atom. The molecule has 0 saturated carbocycles. The van der Waals surface area contributed by atoms with Gasteiger partial charge in [0.2, 0.25) is 0 Å². The first-order chi connectivity index (χ1) is 14.7. The Kier molecular flexibility index (Phi) is 5.67. The second-order valence-electron chi connectivity index (χ2n) is 9.26. The molecule has 0 bridgehead atoms. The maximum Gasteiger partial charge on any atom is 0.282 e. The van der Waals surface area contributed by atoms with Crippen molar-refractivity contribution in [3.05, 3.63) is 70.4 Å². The number of anilines is 1. The van der Waals surface area contributed by atoms with Gasteiger partial charge in [0.05, 0.1) is 11.3 Å². The highest BCUT2D eigenvalue weighted by Gasteiger charge is 2.43. The van der Waals surface area contributed by atoms with Crippen LogP contribution in [-0.4, -0.2) is 54.8 Å². The summed E-state index contributed by atoms with van der Waals surface area (Å²) in [6.07, 6.45) is 0. The van der Waals surface area contributed by atoms with E-state index in [1.807, 2.05) is 41.3 Å². The minimum Gasteiger partial charge on any atom is -0.364 e. The van der Waals surface area contributed by atoms with Crippen molar-refractivity contribution in [1.29, 1.82) is 0 Å². The Bertz CT molecular complexity index is 1030. The first-order valence-electron chi connectivity index (χ1n) is 10.6. The van der Waals surface area contributed by atoms with Crippen molar-refractivity contribution in [3.8, 4) is 0 Å². The number of halogens is 1. The monoisotopic (exact) mass is 437 g/mol. The minimum absolute atomic E-state index is 0.00470. The highest BCUT2D eigenvalue weighted by Crippen LogP contribution is 2.36. The van der Waals surface area contributed by atoms with Gasteiger partial charge in [-0.15, -0.1) is 0 Å². The average molecular weight is 438 g/mol. The molecule has 2 heterocycles. The van der Waals surface area contributed by atoms with Crippen LogP contribution in [0, 0.1) is 0 Å². The van der Waals surface area contributed by atoms with Gasteiger partial charge < -0.3 is 9.80 Å². The van der Waals surface area contributed by atoms with Gasteiger partial charge in [-0.1, -0.05) is 56.6 Å². The second kappa shape index (κ2) is 8.13. The van der Waals surface area contributed by atoms with Crippen molar-refractivity contribution in [2.45, 2.75) is 26.2 Å². The molecule has 2 aliphatic heterocycles. The average Bonchev–Trinajstić information content (AvgIpc) is 2.99. The van der Waals surface area contributed by atoms with E-state index < -0.39 is 0 Å². The van der Waals surface area contributed by atoms with Crippen molar-refractivity contribution in [2.75, 3.05) is 38.1 Å². The Labute approximate surface area is 188 Å². The molecule has 162 valence electrons. The van der Waals surface area contributed by atoms with Crippen LogP contribution in [0.1, 0.15) is 31.9 Å². The van der Waals surface area contributed by atoms with Gasteiger partial charge in [0.1, 0.15) is 5.70 Å². The number of piperazine rings is 1. The van der Waals surface area contributed by atoms with Crippen LogP contribution in [0.15, 0.2) is 54.2 Å². The number of likely N-dealkylation sites (N-methyl/N-ethyl adjacent to an activating group) is 1. The fourth-order valence-electron chi connectivity index (χ4n) is 4.06. The molecule has 4 rings (SSSR count). The smallest absolute Gasteiger partial charge is 0.282 e. The lowest BCUT2D eigenvalue weighted by molar-refractivity contribution is -0.120. The molecule has 0 aromatic heterocycles. The largest absolute Gasteiger partial charge is 0.364 e. The zero-order valence-corrected chi connectivity index (χ0v) is 19.2. The first kappa shape index (κ1) is 21.6. The number of benzene rings is 2. The predicted molar refractivity (Wildman–Crippen MR) is 125 cm³/mol. The molecule has 0 unspecified atom stereocenters. The number of carbonyl (C=O) groups excluding carboxylic acids is 2. The molecule has 6 heteroatoms. The Hall–Kier alpha value is -2.63. The molecule has 0 N–H and O–H groups in total. The van der Waals surface area contributed by atoms with Crippen molar-refractivity contribution >= 4 is 34.7 Å². The lowest BCUT2D eigenvalue weighted by Crippen LogP contribution is -2.46. The fraction of sp³-hybridized carbons (Fsp3) is 0.360. The van der Waals surface area contributed by atoms with Gasteiger partial charge in [0.15, 0.2) is 0 Å². The normalized spacial score (nSPS) is 18.4. The van der Waals surface area contributed by atoms with E-state index in [0.29, 0.717) is 40.6 Å². The van der Waals surface area contributed by atoms with Gasteiger partial charge in [-0.3, -0.25) is 9.59 Å². The lowest BCUT2D eigenvalue weighted by atomic mass is 9.87. The van der Waals surface area contributed by atoms with E-state index in [1.54, 1.807) is 12.1 Å². The number of imide groups is 1. The summed E-state index contributed by atoms with van der Waals surface area (Å²) < 4.78 is 0. The van der Waals surface area contributed by atoms with E-state index in [1.165, 1.54) is 4.90 Å². The van der Waals surface area contributed by atoms with Crippen LogP contribution in [-0.2, 0) is 15.0 Å². The number of nitrogens with zero attached hydrogens (tertiary/aromatic N) is 3. The summed E-state index contributed by atoms with van der Waals surface area (Å²) in [4.78, 5) is 32.8. The Morgan fingerprint density at radius 2 is 1.39 bits per heavy atom. The van der Waals surface area contributed by atoms with E-state index in [0.717, 1.165) is 18.7 Å². The number of rotatable bonds is 3. The highest BCUT2D eigenvalue weighted by atomic mass is 35.5. The third-order valence-electron chi connectivity index (χ3n) is 6.00. The molecular weight excluding hydrogens is 410 g/mol. The molecule has 5 nitrogen and oxygen atoms in total. The topological polar surface area (TPSA) is 43.9 Å². The first-order valence-corrected chi connectivity index (χ1v) is 11.0. The maximum atomic E-state index is 13.6. The lowest BCUT2D eigenvalue weighted by Gasteiger charge is -2.34. The standard InChI is InChI=1S/C25H28ClN3O2/c1-25(2,3)18-7-11-20(12-8-18)29-23(30)21(17-5-9-19(26)10-6-17)22(24(29)31)28-15-13-27(4)14-16-28/h5-12H,13-16H2,1-4H3. The van der Waals surface area contributed by atoms with Crippen LogP contribution in [0.5, 0.6) is 0 Å². The summed E-state index contributed by atoms with van der Waals surface area (Å²) >= 11 is 6.07. The predicted octanol–water partition coefficient (Wildman–Crippen LogP) is 4.17. The van der Waals surface area contributed by atoms with Gasteiger partial charge in [0.25, 0.3) is 11.8 Å². The summed E-state index contributed by atoms with van der Waals surface area (Å²) in [6, 6.07) is 14.8. The minimum atomic E-state index is -0.287. The Balaban J connectivity index is 1.76. The molecule has 0 aliphatic carbocycles. The highest BCUT2D eigenvalue weighted by molar-refractivity contribution is 6.45. The van der Waals surface area contributed by atoms with Gasteiger partial charge in [0, 0.05) is 31.2 Å². The molecule has 2 aliphatic rings. The summed E-state index contributed by atoms with van der Waals surface area (Å²) in [5.74, 6) is -0.548. The van der Waals surface area contributed by atoms with Crippen LogP contribution in [0.2, 0.25) is 5.02 Å².